The molecule has 3 aromatic rings. The first kappa shape index (κ1) is 23.4. The first-order chi connectivity index (χ1) is 15.3. The third-order valence-electron chi connectivity index (χ3n) is 6.07. The van der Waals surface area contributed by atoms with Gasteiger partial charge in [0, 0.05) is 47.5 Å². The van der Waals surface area contributed by atoms with E-state index in [9.17, 15) is 13.2 Å². The number of hydrogen-bond acceptors (Lipinski definition) is 6. The van der Waals surface area contributed by atoms with Gasteiger partial charge in [-0.05, 0) is 62.1 Å². The van der Waals surface area contributed by atoms with Crippen molar-refractivity contribution in [1.29, 1.82) is 0 Å². The van der Waals surface area contributed by atoms with Crippen LogP contribution in [0.3, 0.4) is 0 Å². The Morgan fingerprint density at radius 1 is 1.12 bits per heavy atom. The van der Waals surface area contributed by atoms with Gasteiger partial charge in [0.1, 0.15) is 4.21 Å². The number of thiophene rings is 2. The van der Waals surface area contributed by atoms with Crippen LogP contribution in [0.25, 0.3) is 0 Å². The fourth-order valence-electron chi connectivity index (χ4n) is 4.30. The molecule has 1 aliphatic heterocycles. The topological polar surface area (TPSA) is 71.4 Å². The largest absolute Gasteiger partial charge is 0.348 e. The molecule has 3 aromatic heterocycles. The van der Waals surface area contributed by atoms with Crippen LogP contribution in [0.2, 0.25) is 0 Å². The van der Waals surface area contributed by atoms with Crippen molar-refractivity contribution < 1.29 is 13.2 Å². The van der Waals surface area contributed by atoms with Gasteiger partial charge in [0.25, 0.3) is 0 Å². The number of ketones is 1. The fourth-order valence-corrected chi connectivity index (χ4v) is 7.31. The van der Waals surface area contributed by atoms with Crippen LogP contribution in [0.15, 0.2) is 45.3 Å². The number of carbonyl (C=O) groups is 1. The maximum Gasteiger partial charge on any atom is 0.250 e. The van der Waals surface area contributed by atoms with Crippen molar-refractivity contribution >= 4 is 38.5 Å². The van der Waals surface area contributed by atoms with Crippen LogP contribution in [-0.2, 0) is 23.0 Å². The second kappa shape index (κ2) is 10.0. The minimum Gasteiger partial charge on any atom is -0.348 e. The number of Topliss-reactive ketones (excluding diaryl/α,β-unsaturated/α-hetero) is 1. The van der Waals surface area contributed by atoms with E-state index in [1.165, 1.54) is 16.2 Å². The number of sulfonamides is 1. The summed E-state index contributed by atoms with van der Waals surface area (Å²) in [7, 11) is -3.45. The Bertz CT molecular complexity index is 1140. The number of aryl methyl sites for hydroxylation is 2. The monoisotopic (exact) mass is 491 g/mol. The first-order valence-corrected chi connectivity index (χ1v) is 14.1. The summed E-state index contributed by atoms with van der Waals surface area (Å²) < 4.78 is 30.3. The fraction of sp³-hybridized carbons (Fsp3) is 0.435. The van der Waals surface area contributed by atoms with E-state index in [0.717, 1.165) is 29.9 Å². The lowest BCUT2D eigenvalue weighted by Crippen LogP contribution is -2.45. The van der Waals surface area contributed by atoms with Crippen LogP contribution in [0.4, 0.5) is 0 Å². The summed E-state index contributed by atoms with van der Waals surface area (Å²) in [5, 5.41) is 3.86. The SMILES string of the molecule is Cc1cc(C(=O)CN2CCC(NS(=O)(=O)c3cccs3)CC2)c(C)n1CCc1cccs1. The van der Waals surface area contributed by atoms with Crippen molar-refractivity contribution in [2.45, 2.75) is 49.9 Å². The number of rotatable bonds is 9. The second-order valence-corrected chi connectivity index (χ2v) is 12.2. The van der Waals surface area contributed by atoms with E-state index in [2.05, 4.69) is 38.6 Å². The Morgan fingerprint density at radius 3 is 2.50 bits per heavy atom. The molecule has 0 unspecified atom stereocenters. The molecular weight excluding hydrogens is 462 g/mol. The Hall–Kier alpha value is -1.78. The van der Waals surface area contributed by atoms with E-state index in [1.807, 2.05) is 13.0 Å². The molecule has 32 heavy (non-hydrogen) atoms. The highest BCUT2D eigenvalue weighted by atomic mass is 32.2. The molecule has 4 rings (SSSR count). The van der Waals surface area contributed by atoms with E-state index in [1.54, 1.807) is 28.8 Å². The van der Waals surface area contributed by atoms with Gasteiger partial charge >= 0.3 is 0 Å². The average molecular weight is 492 g/mol. The van der Waals surface area contributed by atoms with Crippen molar-refractivity contribution in [3.63, 3.8) is 0 Å². The predicted octanol–water partition coefficient (Wildman–Crippen LogP) is 4.10. The van der Waals surface area contributed by atoms with Crippen LogP contribution in [0.5, 0.6) is 0 Å². The summed E-state index contributed by atoms with van der Waals surface area (Å²) in [6.45, 7) is 6.76. The first-order valence-electron chi connectivity index (χ1n) is 10.8. The van der Waals surface area contributed by atoms with Gasteiger partial charge in [0.15, 0.2) is 5.78 Å². The highest BCUT2D eigenvalue weighted by Gasteiger charge is 2.27. The van der Waals surface area contributed by atoms with Gasteiger partial charge in [0.05, 0.1) is 6.54 Å². The lowest BCUT2D eigenvalue weighted by atomic mass is 10.0. The number of nitrogens with zero attached hydrogens (tertiary/aromatic N) is 2. The van der Waals surface area contributed by atoms with Gasteiger partial charge in [-0.25, -0.2) is 13.1 Å². The molecule has 172 valence electrons. The molecule has 0 aromatic carbocycles. The zero-order valence-electron chi connectivity index (χ0n) is 18.4. The van der Waals surface area contributed by atoms with Crippen LogP contribution >= 0.6 is 22.7 Å². The van der Waals surface area contributed by atoms with Gasteiger partial charge in [-0.15, -0.1) is 22.7 Å². The third-order valence-corrected chi connectivity index (χ3v) is 9.93. The molecule has 0 bridgehead atoms. The quantitative estimate of drug-likeness (QED) is 0.458. The standard InChI is InChI=1S/C23H29N3O3S3/c1-17-15-21(18(2)26(17)12-9-20-5-3-13-30-20)22(27)16-25-10-7-19(8-11-25)24-32(28,29)23-6-4-14-31-23/h3-6,13-15,19,24H,7-12,16H2,1-2H3. The molecule has 9 heteroatoms. The lowest BCUT2D eigenvalue weighted by Gasteiger charge is -2.31. The molecule has 4 heterocycles. The Morgan fingerprint density at radius 2 is 1.84 bits per heavy atom. The number of likely N-dealkylation sites (tertiary alicyclic amines) is 1. The maximum absolute atomic E-state index is 13.0. The summed E-state index contributed by atoms with van der Waals surface area (Å²) >= 11 is 2.99. The number of hydrogen-bond donors (Lipinski definition) is 1. The minimum absolute atomic E-state index is 0.0873. The van der Waals surface area contributed by atoms with E-state index >= 15 is 0 Å². The number of carbonyl (C=O) groups excluding carboxylic acids is 1. The van der Waals surface area contributed by atoms with E-state index < -0.39 is 10.0 Å². The average Bonchev–Trinajstić information content (AvgIpc) is 3.51. The number of aromatic nitrogens is 1. The third kappa shape index (κ3) is 5.40. The Labute approximate surface area is 197 Å². The summed E-state index contributed by atoms with van der Waals surface area (Å²) in [6.07, 6.45) is 2.38. The van der Waals surface area contributed by atoms with E-state index in [-0.39, 0.29) is 11.8 Å². The van der Waals surface area contributed by atoms with Crippen molar-refractivity contribution in [2.75, 3.05) is 19.6 Å². The van der Waals surface area contributed by atoms with Crippen LogP contribution in [0, 0.1) is 13.8 Å². The summed E-state index contributed by atoms with van der Waals surface area (Å²) in [5.74, 6) is 0.137. The molecule has 0 saturated carbocycles. The van der Waals surface area contributed by atoms with Gasteiger partial charge in [-0.3, -0.25) is 9.69 Å². The molecule has 0 aliphatic carbocycles. The minimum atomic E-state index is -3.45. The van der Waals surface area contributed by atoms with Gasteiger partial charge in [0.2, 0.25) is 10.0 Å². The van der Waals surface area contributed by atoms with Crippen LogP contribution in [0.1, 0.15) is 39.5 Å². The number of nitrogens with one attached hydrogen (secondary N) is 1. The van der Waals surface area contributed by atoms with E-state index in [0.29, 0.717) is 36.7 Å². The van der Waals surface area contributed by atoms with Crippen LogP contribution < -0.4 is 4.72 Å². The van der Waals surface area contributed by atoms with Crippen molar-refractivity contribution in [1.82, 2.24) is 14.2 Å². The predicted molar refractivity (Wildman–Crippen MR) is 130 cm³/mol. The summed E-state index contributed by atoms with van der Waals surface area (Å²) in [6, 6.07) is 9.50. The molecule has 1 saturated heterocycles. The van der Waals surface area contributed by atoms with E-state index in [4.69, 9.17) is 0 Å². The molecule has 0 atom stereocenters. The molecule has 0 amide bonds. The Kier molecular flexibility index (Phi) is 7.31. The molecule has 0 radical (unpaired) electrons. The second-order valence-electron chi connectivity index (χ2n) is 8.29. The van der Waals surface area contributed by atoms with Crippen molar-refractivity contribution in [3.05, 3.63) is 62.9 Å². The molecular formula is C23H29N3O3S3. The lowest BCUT2D eigenvalue weighted by molar-refractivity contribution is 0.0907. The molecule has 6 nitrogen and oxygen atoms in total. The van der Waals surface area contributed by atoms with Gasteiger partial charge < -0.3 is 4.57 Å². The molecule has 0 spiro atoms. The highest BCUT2D eigenvalue weighted by Crippen LogP contribution is 2.21. The molecule has 1 N–H and O–H groups in total. The Balaban J connectivity index is 1.31. The van der Waals surface area contributed by atoms with Gasteiger partial charge in [-0.2, -0.15) is 0 Å². The normalized spacial score (nSPS) is 15.9. The smallest absolute Gasteiger partial charge is 0.250 e. The summed E-state index contributed by atoms with van der Waals surface area (Å²) in [5.41, 5.74) is 2.95. The number of piperidine rings is 1. The summed E-state index contributed by atoms with van der Waals surface area (Å²) in [4.78, 5) is 16.5. The zero-order valence-corrected chi connectivity index (χ0v) is 20.9. The maximum atomic E-state index is 13.0. The van der Waals surface area contributed by atoms with Gasteiger partial charge in [-0.1, -0.05) is 12.1 Å². The zero-order chi connectivity index (χ0) is 22.7. The molecule has 1 fully saturated rings. The van der Waals surface area contributed by atoms with Crippen molar-refractivity contribution in [2.24, 2.45) is 0 Å². The van der Waals surface area contributed by atoms with Crippen LogP contribution in [-0.4, -0.2) is 49.3 Å². The van der Waals surface area contributed by atoms with Crippen molar-refractivity contribution in [3.8, 4) is 0 Å². The highest BCUT2D eigenvalue weighted by molar-refractivity contribution is 7.91. The molecule has 1 aliphatic rings.